The Morgan fingerprint density at radius 2 is 1.86 bits per heavy atom. The largest absolute Gasteiger partial charge is 0.379 e. The van der Waals surface area contributed by atoms with Crippen LogP contribution in [0.2, 0.25) is 0 Å². The highest BCUT2D eigenvalue weighted by Crippen LogP contribution is 1.97. The van der Waals surface area contributed by atoms with Crippen LogP contribution in [-0.2, 0) is 14.3 Å². The van der Waals surface area contributed by atoms with Gasteiger partial charge in [-0.1, -0.05) is 20.8 Å². The van der Waals surface area contributed by atoms with Crippen LogP contribution in [0.3, 0.4) is 0 Å². The maximum absolute atomic E-state index is 11.1. The summed E-state index contributed by atoms with van der Waals surface area (Å²) in [6.07, 6.45) is 0.247. The Hall–Kier alpha value is -0.410. The van der Waals surface area contributed by atoms with E-state index in [9.17, 15) is 4.79 Å². The summed E-state index contributed by atoms with van der Waals surface area (Å²) in [5.74, 6) is 0.693. The van der Waals surface area contributed by atoms with Crippen LogP contribution in [0.4, 0.5) is 0 Å². The molecule has 0 aromatic carbocycles. The Labute approximate surface area is 86.8 Å². The van der Waals surface area contributed by atoms with Crippen molar-refractivity contribution in [2.24, 2.45) is 5.92 Å². The maximum Gasteiger partial charge on any atom is 0.160 e. The van der Waals surface area contributed by atoms with Crippen LogP contribution in [0.25, 0.3) is 0 Å². The van der Waals surface area contributed by atoms with Crippen molar-refractivity contribution in [1.29, 1.82) is 0 Å². The van der Waals surface area contributed by atoms with Gasteiger partial charge in [-0.05, 0) is 12.8 Å². The summed E-state index contributed by atoms with van der Waals surface area (Å²) in [4.78, 5) is 11.1. The van der Waals surface area contributed by atoms with Crippen molar-refractivity contribution < 1.29 is 14.3 Å². The van der Waals surface area contributed by atoms with Gasteiger partial charge in [0, 0.05) is 13.0 Å². The number of ketones is 1. The van der Waals surface area contributed by atoms with E-state index in [0.717, 1.165) is 6.61 Å². The molecule has 0 aromatic rings. The first-order valence-electron chi connectivity index (χ1n) is 5.30. The molecule has 0 aromatic heterocycles. The molecule has 0 fully saturated rings. The van der Waals surface area contributed by atoms with Crippen LogP contribution >= 0.6 is 0 Å². The summed E-state index contributed by atoms with van der Waals surface area (Å²) in [5, 5.41) is 0. The Morgan fingerprint density at radius 1 is 1.21 bits per heavy atom. The molecule has 0 heterocycles. The fourth-order valence-electron chi connectivity index (χ4n) is 0.983. The molecule has 0 saturated carbocycles. The molecular weight excluding hydrogens is 180 g/mol. The van der Waals surface area contributed by atoms with Gasteiger partial charge in [0.05, 0.1) is 13.2 Å². The zero-order valence-corrected chi connectivity index (χ0v) is 9.71. The molecule has 0 rings (SSSR count). The first kappa shape index (κ1) is 13.6. The fraction of sp³-hybridized carbons (Fsp3) is 0.909. The van der Waals surface area contributed by atoms with E-state index >= 15 is 0 Å². The molecule has 0 aliphatic heterocycles. The molecule has 14 heavy (non-hydrogen) atoms. The quantitative estimate of drug-likeness (QED) is 0.565. The van der Waals surface area contributed by atoms with E-state index in [4.69, 9.17) is 9.47 Å². The highest BCUT2D eigenvalue weighted by Gasteiger charge is 2.09. The van der Waals surface area contributed by atoms with E-state index < -0.39 is 0 Å². The van der Waals surface area contributed by atoms with Crippen LogP contribution in [0, 0.1) is 5.92 Å². The Balaban J connectivity index is 3.31. The first-order chi connectivity index (χ1) is 6.57. The lowest BCUT2D eigenvalue weighted by Crippen LogP contribution is -2.22. The van der Waals surface area contributed by atoms with Crippen molar-refractivity contribution in [3.05, 3.63) is 0 Å². The van der Waals surface area contributed by atoms with Gasteiger partial charge < -0.3 is 9.47 Å². The standard InChI is InChI=1S/C11H22O3/c1-5-11(12)10(4)14-7-6-13-8-9(2)3/h9-10H,5-8H2,1-4H3. The second-order valence-electron chi connectivity index (χ2n) is 3.80. The fourth-order valence-corrected chi connectivity index (χ4v) is 0.983. The van der Waals surface area contributed by atoms with Crippen LogP contribution in [0.15, 0.2) is 0 Å². The number of carbonyl (C=O) groups is 1. The number of hydrogen-bond donors (Lipinski definition) is 0. The molecule has 84 valence electrons. The summed E-state index contributed by atoms with van der Waals surface area (Å²) in [5.41, 5.74) is 0. The predicted molar refractivity (Wildman–Crippen MR) is 56.4 cm³/mol. The summed E-state index contributed by atoms with van der Waals surface area (Å²) in [6, 6.07) is 0. The van der Waals surface area contributed by atoms with Gasteiger partial charge in [0.1, 0.15) is 6.10 Å². The molecule has 0 aliphatic carbocycles. The maximum atomic E-state index is 11.1. The van der Waals surface area contributed by atoms with Crippen LogP contribution in [0.5, 0.6) is 0 Å². The molecule has 0 N–H and O–H groups in total. The smallest absolute Gasteiger partial charge is 0.160 e. The molecule has 0 radical (unpaired) electrons. The van der Waals surface area contributed by atoms with Crippen molar-refractivity contribution in [2.45, 2.75) is 40.2 Å². The van der Waals surface area contributed by atoms with Gasteiger partial charge >= 0.3 is 0 Å². The molecule has 1 atom stereocenters. The van der Waals surface area contributed by atoms with Crippen molar-refractivity contribution in [3.63, 3.8) is 0 Å². The van der Waals surface area contributed by atoms with E-state index in [1.54, 1.807) is 6.92 Å². The highest BCUT2D eigenvalue weighted by atomic mass is 16.5. The van der Waals surface area contributed by atoms with Crippen molar-refractivity contribution in [3.8, 4) is 0 Å². The van der Waals surface area contributed by atoms with Gasteiger partial charge in [0.15, 0.2) is 5.78 Å². The van der Waals surface area contributed by atoms with Gasteiger partial charge in [-0.2, -0.15) is 0 Å². The van der Waals surface area contributed by atoms with E-state index in [-0.39, 0.29) is 11.9 Å². The first-order valence-corrected chi connectivity index (χ1v) is 5.30. The van der Waals surface area contributed by atoms with Crippen molar-refractivity contribution in [1.82, 2.24) is 0 Å². The van der Waals surface area contributed by atoms with Gasteiger partial charge in [-0.25, -0.2) is 0 Å². The van der Waals surface area contributed by atoms with Crippen LogP contribution < -0.4 is 0 Å². The molecule has 0 bridgehead atoms. The molecule has 0 amide bonds. The predicted octanol–water partition coefficient (Wildman–Crippen LogP) is 2.04. The van der Waals surface area contributed by atoms with E-state index in [2.05, 4.69) is 13.8 Å². The lowest BCUT2D eigenvalue weighted by Gasteiger charge is -2.11. The molecule has 0 saturated heterocycles. The average molecular weight is 202 g/mol. The molecular formula is C11H22O3. The van der Waals surface area contributed by atoms with Gasteiger partial charge in [0.25, 0.3) is 0 Å². The SMILES string of the molecule is CCC(=O)C(C)OCCOCC(C)C. The highest BCUT2D eigenvalue weighted by molar-refractivity contribution is 5.82. The van der Waals surface area contributed by atoms with Crippen molar-refractivity contribution >= 4 is 5.78 Å². The van der Waals surface area contributed by atoms with Crippen LogP contribution in [0.1, 0.15) is 34.1 Å². The van der Waals surface area contributed by atoms with Gasteiger partial charge in [-0.15, -0.1) is 0 Å². The van der Waals surface area contributed by atoms with E-state index in [1.165, 1.54) is 0 Å². The summed E-state index contributed by atoms with van der Waals surface area (Å²) < 4.78 is 10.6. The Kier molecular flexibility index (Phi) is 7.71. The zero-order valence-electron chi connectivity index (χ0n) is 9.71. The summed E-state index contributed by atoms with van der Waals surface area (Å²) in [7, 11) is 0. The van der Waals surface area contributed by atoms with Crippen molar-refractivity contribution in [2.75, 3.05) is 19.8 Å². The lowest BCUT2D eigenvalue weighted by molar-refractivity contribution is -0.130. The third kappa shape index (κ3) is 7.04. The number of carbonyl (C=O) groups excluding carboxylic acids is 1. The molecule has 3 heteroatoms. The topological polar surface area (TPSA) is 35.5 Å². The van der Waals surface area contributed by atoms with Gasteiger partial charge in [0.2, 0.25) is 0 Å². The third-order valence-corrected chi connectivity index (χ3v) is 1.85. The molecule has 0 spiro atoms. The minimum Gasteiger partial charge on any atom is -0.379 e. The monoisotopic (exact) mass is 202 g/mol. The molecule has 1 unspecified atom stereocenters. The lowest BCUT2D eigenvalue weighted by atomic mass is 10.2. The number of Topliss-reactive ketones (excluding diaryl/α,β-unsaturated/α-hetero) is 1. The second kappa shape index (κ2) is 7.94. The molecule has 3 nitrogen and oxygen atoms in total. The summed E-state index contributed by atoms with van der Waals surface area (Å²) >= 11 is 0. The zero-order chi connectivity index (χ0) is 11.0. The number of rotatable bonds is 8. The van der Waals surface area contributed by atoms with E-state index in [0.29, 0.717) is 25.6 Å². The second-order valence-corrected chi connectivity index (χ2v) is 3.80. The summed E-state index contributed by atoms with van der Waals surface area (Å²) in [6.45, 7) is 9.65. The number of hydrogen-bond acceptors (Lipinski definition) is 3. The van der Waals surface area contributed by atoms with Gasteiger partial charge in [-0.3, -0.25) is 4.79 Å². The normalized spacial score (nSPS) is 13.2. The van der Waals surface area contributed by atoms with E-state index in [1.807, 2.05) is 6.92 Å². The Bertz CT molecular complexity index is 155. The Morgan fingerprint density at radius 3 is 2.36 bits per heavy atom. The van der Waals surface area contributed by atoms with Crippen LogP contribution in [-0.4, -0.2) is 31.7 Å². The minimum absolute atomic E-state index is 0.147. The molecule has 0 aliphatic rings. The number of ether oxygens (including phenoxy) is 2. The third-order valence-electron chi connectivity index (χ3n) is 1.85. The minimum atomic E-state index is -0.289. The average Bonchev–Trinajstić information content (AvgIpc) is 2.15.